The lowest BCUT2D eigenvalue weighted by molar-refractivity contribution is 0.0296. The quantitative estimate of drug-likeness (QED) is 0.694. The molecule has 3 N–H and O–H groups in total. The minimum atomic E-state index is -0.373. The first-order chi connectivity index (χ1) is 8.49. The molecule has 2 atom stereocenters. The molecule has 98 valence electrons. The number of benzene rings is 1. The Morgan fingerprint density at radius 2 is 2.11 bits per heavy atom. The van der Waals surface area contributed by atoms with Gasteiger partial charge in [0.05, 0.1) is 11.7 Å². The predicted molar refractivity (Wildman–Crippen MR) is 65.5 cm³/mol. The van der Waals surface area contributed by atoms with Crippen molar-refractivity contribution in [2.45, 2.75) is 19.4 Å². The van der Waals surface area contributed by atoms with Gasteiger partial charge >= 0.3 is 0 Å². The van der Waals surface area contributed by atoms with E-state index in [9.17, 15) is 20.1 Å². The molecule has 0 bridgehead atoms. The zero-order valence-corrected chi connectivity index (χ0v) is 10.2. The number of aliphatic hydroxyl groups is 1. The zero-order chi connectivity index (χ0) is 13.3. The van der Waals surface area contributed by atoms with Crippen molar-refractivity contribution in [3.8, 4) is 11.5 Å². The Balaban J connectivity index is 2.16. The summed E-state index contributed by atoms with van der Waals surface area (Å²) in [5.41, 5.74) is 0.177. The average Bonchev–Trinajstić information content (AvgIpc) is 2.32. The number of likely N-dealkylation sites (tertiary alicyclic amines) is 1. The molecule has 1 aromatic rings. The zero-order valence-electron chi connectivity index (χ0n) is 10.2. The van der Waals surface area contributed by atoms with Crippen LogP contribution in [-0.2, 0) is 0 Å². The molecule has 1 fully saturated rings. The highest BCUT2D eigenvalue weighted by atomic mass is 16.3. The number of carbonyl (C=O) groups excluding carboxylic acids is 1. The molecule has 0 aromatic heterocycles. The van der Waals surface area contributed by atoms with E-state index < -0.39 is 0 Å². The highest BCUT2D eigenvalue weighted by Gasteiger charge is 2.28. The monoisotopic (exact) mass is 251 g/mol. The van der Waals surface area contributed by atoms with Crippen LogP contribution in [0.15, 0.2) is 18.2 Å². The van der Waals surface area contributed by atoms with Crippen LogP contribution in [0.25, 0.3) is 0 Å². The van der Waals surface area contributed by atoms with Crippen LogP contribution >= 0.6 is 0 Å². The fourth-order valence-corrected chi connectivity index (χ4v) is 2.19. The average molecular weight is 251 g/mol. The van der Waals surface area contributed by atoms with Crippen LogP contribution in [0.4, 0.5) is 0 Å². The van der Waals surface area contributed by atoms with E-state index >= 15 is 0 Å². The molecule has 1 aliphatic heterocycles. The number of phenolic OH excluding ortho intramolecular Hbond substituents is 2. The van der Waals surface area contributed by atoms with Crippen molar-refractivity contribution in [2.24, 2.45) is 5.92 Å². The van der Waals surface area contributed by atoms with E-state index in [1.165, 1.54) is 12.1 Å². The van der Waals surface area contributed by atoms with Crippen molar-refractivity contribution in [1.82, 2.24) is 4.90 Å². The summed E-state index contributed by atoms with van der Waals surface area (Å²) in [6, 6.07) is 3.92. The number of carbonyl (C=O) groups is 1. The molecule has 0 radical (unpaired) electrons. The Morgan fingerprint density at radius 1 is 1.39 bits per heavy atom. The predicted octanol–water partition coefficient (Wildman–Crippen LogP) is 0.941. The minimum Gasteiger partial charge on any atom is -0.508 e. The number of aromatic hydroxyl groups is 2. The largest absolute Gasteiger partial charge is 0.508 e. The van der Waals surface area contributed by atoms with E-state index in [4.69, 9.17) is 0 Å². The summed E-state index contributed by atoms with van der Waals surface area (Å²) in [4.78, 5) is 13.8. The number of phenols is 2. The summed E-state index contributed by atoms with van der Waals surface area (Å²) in [6.45, 7) is 2.84. The number of nitrogens with zero attached hydrogens (tertiary/aromatic N) is 1. The fraction of sp³-hybridized carbons (Fsp3) is 0.462. The van der Waals surface area contributed by atoms with Crippen LogP contribution in [0.1, 0.15) is 23.7 Å². The number of amides is 1. The molecular formula is C13H17NO4. The molecule has 0 spiro atoms. The first-order valence-electron chi connectivity index (χ1n) is 5.98. The van der Waals surface area contributed by atoms with Crippen molar-refractivity contribution in [3.63, 3.8) is 0 Å². The van der Waals surface area contributed by atoms with Gasteiger partial charge in [0.15, 0.2) is 0 Å². The topological polar surface area (TPSA) is 81.0 Å². The van der Waals surface area contributed by atoms with Crippen LogP contribution in [0.2, 0.25) is 0 Å². The van der Waals surface area contributed by atoms with Crippen LogP contribution in [0, 0.1) is 5.92 Å². The lowest BCUT2D eigenvalue weighted by atomic mass is 9.96. The molecule has 5 nitrogen and oxygen atoms in total. The van der Waals surface area contributed by atoms with Crippen molar-refractivity contribution in [2.75, 3.05) is 13.1 Å². The molecule has 18 heavy (non-hydrogen) atoms. The number of hydrogen-bond donors (Lipinski definition) is 3. The van der Waals surface area contributed by atoms with Crippen molar-refractivity contribution >= 4 is 5.91 Å². The normalized spacial score (nSPS) is 24.0. The van der Waals surface area contributed by atoms with Crippen LogP contribution in [-0.4, -0.2) is 45.3 Å². The maximum absolute atomic E-state index is 12.2. The third kappa shape index (κ3) is 2.41. The van der Waals surface area contributed by atoms with E-state index in [2.05, 4.69) is 0 Å². The molecule has 0 aliphatic carbocycles. The van der Waals surface area contributed by atoms with Crippen molar-refractivity contribution in [1.29, 1.82) is 0 Å². The first-order valence-corrected chi connectivity index (χ1v) is 5.98. The van der Waals surface area contributed by atoms with E-state index in [0.717, 1.165) is 6.07 Å². The highest BCUT2D eigenvalue weighted by molar-refractivity contribution is 5.97. The lowest BCUT2D eigenvalue weighted by Gasteiger charge is -2.34. The second kappa shape index (κ2) is 4.86. The van der Waals surface area contributed by atoms with Gasteiger partial charge in [-0.25, -0.2) is 0 Å². The smallest absolute Gasteiger partial charge is 0.257 e. The molecule has 1 saturated heterocycles. The van der Waals surface area contributed by atoms with E-state index in [1.54, 1.807) is 4.90 Å². The molecule has 5 heteroatoms. The van der Waals surface area contributed by atoms with Gasteiger partial charge in [-0.2, -0.15) is 0 Å². The Bertz CT molecular complexity index is 460. The minimum absolute atomic E-state index is 0.0296. The Morgan fingerprint density at radius 3 is 2.72 bits per heavy atom. The molecular weight excluding hydrogens is 234 g/mol. The van der Waals surface area contributed by atoms with Gasteiger partial charge in [0.1, 0.15) is 11.5 Å². The van der Waals surface area contributed by atoms with Crippen molar-refractivity contribution < 1.29 is 20.1 Å². The summed E-state index contributed by atoms with van der Waals surface area (Å²) in [6.07, 6.45) is 0.175. The van der Waals surface area contributed by atoms with Crippen molar-refractivity contribution in [3.05, 3.63) is 23.8 Å². The van der Waals surface area contributed by atoms with E-state index in [0.29, 0.717) is 19.5 Å². The Kier molecular flexibility index (Phi) is 3.43. The van der Waals surface area contributed by atoms with Crippen LogP contribution in [0.3, 0.4) is 0 Å². The Labute approximate surface area is 105 Å². The van der Waals surface area contributed by atoms with Gasteiger partial charge in [0.25, 0.3) is 5.91 Å². The molecule has 1 aliphatic rings. The summed E-state index contributed by atoms with van der Waals surface area (Å²) in [5, 5.41) is 28.5. The molecule has 1 aromatic carbocycles. The molecule has 1 heterocycles. The number of rotatable bonds is 1. The van der Waals surface area contributed by atoms with Gasteiger partial charge in [-0.1, -0.05) is 6.92 Å². The van der Waals surface area contributed by atoms with Gasteiger partial charge < -0.3 is 20.2 Å². The lowest BCUT2D eigenvalue weighted by Crippen LogP contribution is -2.44. The summed E-state index contributed by atoms with van der Waals surface area (Å²) >= 11 is 0. The van der Waals surface area contributed by atoms with Gasteiger partial charge in [-0.15, -0.1) is 0 Å². The second-order valence-corrected chi connectivity index (χ2v) is 4.79. The number of piperidine rings is 1. The number of hydrogen-bond acceptors (Lipinski definition) is 4. The summed E-state index contributed by atoms with van der Waals surface area (Å²) in [5.74, 6) is -0.543. The standard InChI is InChI=1S/C13H17NO4/c1-8-7-14(5-4-11(8)16)13(18)10-3-2-9(15)6-12(10)17/h2-3,6,8,11,15-17H,4-5,7H2,1H3. The van der Waals surface area contributed by atoms with Crippen LogP contribution in [0.5, 0.6) is 11.5 Å². The maximum Gasteiger partial charge on any atom is 0.257 e. The summed E-state index contributed by atoms with van der Waals surface area (Å²) in [7, 11) is 0. The maximum atomic E-state index is 12.2. The molecule has 2 rings (SSSR count). The van der Waals surface area contributed by atoms with Crippen LogP contribution < -0.4 is 0 Å². The Hall–Kier alpha value is -1.75. The fourth-order valence-electron chi connectivity index (χ4n) is 2.19. The number of aliphatic hydroxyl groups excluding tert-OH is 1. The SMILES string of the molecule is CC1CN(C(=O)c2ccc(O)cc2O)CCC1O. The summed E-state index contributed by atoms with van der Waals surface area (Å²) < 4.78 is 0. The highest BCUT2D eigenvalue weighted by Crippen LogP contribution is 2.26. The molecule has 0 saturated carbocycles. The van der Waals surface area contributed by atoms with E-state index in [1.807, 2.05) is 6.92 Å². The van der Waals surface area contributed by atoms with Gasteiger partial charge in [0, 0.05) is 19.2 Å². The van der Waals surface area contributed by atoms with Gasteiger partial charge in [-0.3, -0.25) is 4.79 Å². The van der Waals surface area contributed by atoms with Gasteiger partial charge in [0.2, 0.25) is 0 Å². The van der Waals surface area contributed by atoms with E-state index in [-0.39, 0.29) is 35.0 Å². The van der Waals surface area contributed by atoms with Gasteiger partial charge in [-0.05, 0) is 24.5 Å². The molecule has 1 amide bonds. The molecule has 2 unspecified atom stereocenters. The third-order valence-corrected chi connectivity index (χ3v) is 3.36. The third-order valence-electron chi connectivity index (χ3n) is 3.36. The first kappa shape index (κ1) is 12.7. The second-order valence-electron chi connectivity index (χ2n) is 4.79.